The molecule has 208 valence electrons. The fraction of sp³-hybridized carbons (Fsp3) is 0.375. The Bertz CT molecular complexity index is 1720. The van der Waals surface area contributed by atoms with Crippen LogP contribution in [0.2, 0.25) is 0 Å². The quantitative estimate of drug-likeness (QED) is 0.214. The fourth-order valence-corrected chi connectivity index (χ4v) is 9.84. The highest BCUT2D eigenvalue weighted by molar-refractivity contribution is 6.05. The highest BCUT2D eigenvalue weighted by Crippen LogP contribution is 2.70. The number of fused-ring (bicyclic) bond motifs is 12. The summed E-state index contributed by atoms with van der Waals surface area (Å²) in [5.74, 6) is 0. The van der Waals surface area contributed by atoms with Crippen molar-refractivity contribution in [2.24, 2.45) is 0 Å². The predicted octanol–water partition coefficient (Wildman–Crippen LogP) is 10.8. The molecule has 0 radical (unpaired) electrons. The Hall–Kier alpha value is -3.45. The molecule has 0 saturated carbocycles. The van der Waals surface area contributed by atoms with Crippen molar-refractivity contribution in [3.05, 3.63) is 106 Å². The van der Waals surface area contributed by atoms with Gasteiger partial charge in [-0.3, -0.25) is 4.79 Å². The van der Waals surface area contributed by atoms with E-state index in [2.05, 4.69) is 108 Å². The summed E-state index contributed by atoms with van der Waals surface area (Å²) in [6, 6.07) is 25.2. The zero-order valence-electron chi connectivity index (χ0n) is 25.6. The average molecular weight is 539 g/mol. The third-order valence-corrected chi connectivity index (χ3v) is 11.9. The first-order chi connectivity index (χ1) is 20.0. The molecule has 0 atom stereocenters. The maximum atomic E-state index is 12.1. The first-order valence-corrected chi connectivity index (χ1v) is 16.0. The second-order valence-electron chi connectivity index (χ2n) is 12.6. The lowest BCUT2D eigenvalue weighted by atomic mass is 9.65. The highest BCUT2D eigenvalue weighted by atomic mass is 16.1. The van der Waals surface area contributed by atoms with E-state index in [1.165, 1.54) is 50.1 Å². The van der Waals surface area contributed by atoms with Crippen molar-refractivity contribution in [1.82, 2.24) is 0 Å². The van der Waals surface area contributed by atoms with E-state index < -0.39 is 0 Å². The van der Waals surface area contributed by atoms with Crippen LogP contribution in [0.5, 0.6) is 0 Å². The van der Waals surface area contributed by atoms with Gasteiger partial charge in [-0.2, -0.15) is 0 Å². The van der Waals surface area contributed by atoms with Gasteiger partial charge in [0.1, 0.15) is 6.29 Å². The summed E-state index contributed by atoms with van der Waals surface area (Å²) < 4.78 is 0. The third-order valence-electron chi connectivity index (χ3n) is 11.9. The van der Waals surface area contributed by atoms with Crippen LogP contribution < -0.4 is 0 Å². The first kappa shape index (κ1) is 26.4. The Kier molecular flexibility index (Phi) is 5.82. The monoisotopic (exact) mass is 538 g/mol. The van der Waals surface area contributed by atoms with Gasteiger partial charge in [0.05, 0.1) is 0 Å². The van der Waals surface area contributed by atoms with Gasteiger partial charge in [-0.25, -0.2) is 0 Å². The number of hydrogen-bond acceptors (Lipinski definition) is 1. The number of carbonyl (C=O) groups is 1. The highest BCUT2D eigenvalue weighted by Gasteiger charge is 2.56. The minimum atomic E-state index is -0.129. The van der Waals surface area contributed by atoms with Gasteiger partial charge in [-0.05, 0) is 111 Å². The molecule has 41 heavy (non-hydrogen) atoms. The topological polar surface area (TPSA) is 17.1 Å². The minimum Gasteiger partial charge on any atom is -0.298 e. The van der Waals surface area contributed by atoms with E-state index in [0.29, 0.717) is 0 Å². The van der Waals surface area contributed by atoms with Crippen molar-refractivity contribution in [1.29, 1.82) is 0 Å². The van der Waals surface area contributed by atoms with Crippen molar-refractivity contribution in [2.75, 3.05) is 0 Å². The molecule has 0 fully saturated rings. The maximum Gasteiger partial charge on any atom is 0.150 e. The summed E-state index contributed by atoms with van der Waals surface area (Å²) in [6.45, 7) is 14.3. The molecule has 0 saturated heterocycles. The molecule has 3 aliphatic carbocycles. The number of hydrogen-bond donors (Lipinski definition) is 0. The van der Waals surface area contributed by atoms with Gasteiger partial charge in [-0.15, -0.1) is 0 Å². The van der Waals surface area contributed by atoms with Crippen LogP contribution in [0.25, 0.3) is 33.4 Å². The van der Waals surface area contributed by atoms with Gasteiger partial charge in [0.15, 0.2) is 0 Å². The lowest BCUT2D eigenvalue weighted by Crippen LogP contribution is -2.29. The van der Waals surface area contributed by atoms with E-state index in [-0.39, 0.29) is 16.2 Å². The average Bonchev–Trinajstić information content (AvgIpc) is 3.60. The van der Waals surface area contributed by atoms with Crippen LogP contribution in [-0.4, -0.2) is 6.29 Å². The fourth-order valence-electron chi connectivity index (χ4n) is 9.84. The van der Waals surface area contributed by atoms with Crippen LogP contribution in [0, 0.1) is 0 Å². The molecule has 0 amide bonds. The summed E-state index contributed by atoms with van der Waals surface area (Å²) >= 11 is 0. The molecule has 0 spiro atoms. The van der Waals surface area contributed by atoms with E-state index in [1.807, 2.05) is 0 Å². The van der Waals surface area contributed by atoms with Crippen LogP contribution in [0.15, 0.2) is 66.7 Å². The predicted molar refractivity (Wildman–Crippen MR) is 172 cm³/mol. The zero-order valence-corrected chi connectivity index (χ0v) is 25.6. The SMILES string of the molecule is CCC1(CC)c2ccccc2-c2c1c1c(c3c2C(CC)(CC)c2cc(C=O)ccc2-3)C(CC)(CC)c2ccccc2-1. The van der Waals surface area contributed by atoms with E-state index >= 15 is 0 Å². The summed E-state index contributed by atoms with van der Waals surface area (Å²) in [5.41, 5.74) is 18.4. The van der Waals surface area contributed by atoms with Crippen molar-refractivity contribution >= 4 is 6.29 Å². The lowest BCUT2D eigenvalue weighted by molar-refractivity contribution is 0.112. The van der Waals surface area contributed by atoms with Gasteiger partial charge >= 0.3 is 0 Å². The Morgan fingerprint density at radius 1 is 0.488 bits per heavy atom. The van der Waals surface area contributed by atoms with Crippen LogP contribution in [0.1, 0.15) is 124 Å². The van der Waals surface area contributed by atoms with Crippen molar-refractivity contribution in [2.45, 2.75) is 96.3 Å². The van der Waals surface area contributed by atoms with E-state index in [9.17, 15) is 4.79 Å². The van der Waals surface area contributed by atoms with Crippen LogP contribution in [0.4, 0.5) is 0 Å². The van der Waals surface area contributed by atoms with E-state index in [1.54, 1.807) is 16.7 Å². The second-order valence-corrected chi connectivity index (χ2v) is 12.6. The Balaban J connectivity index is 1.81. The molecule has 0 heterocycles. The Labute approximate surface area is 246 Å². The van der Waals surface area contributed by atoms with E-state index in [0.717, 1.165) is 50.4 Å². The van der Waals surface area contributed by atoms with Crippen molar-refractivity contribution < 1.29 is 4.79 Å². The molecule has 0 aliphatic heterocycles. The van der Waals surface area contributed by atoms with Gasteiger partial charge in [0.2, 0.25) is 0 Å². The van der Waals surface area contributed by atoms with Gasteiger partial charge in [-0.1, -0.05) is 102 Å². The number of aldehydes is 1. The molecule has 1 nitrogen and oxygen atoms in total. The van der Waals surface area contributed by atoms with Crippen LogP contribution >= 0.6 is 0 Å². The Morgan fingerprint density at radius 3 is 1.24 bits per heavy atom. The van der Waals surface area contributed by atoms with Crippen LogP contribution in [0.3, 0.4) is 0 Å². The molecule has 7 rings (SSSR count). The molecule has 4 aromatic carbocycles. The second kappa shape index (κ2) is 9.02. The maximum absolute atomic E-state index is 12.1. The molecule has 0 unspecified atom stereocenters. The van der Waals surface area contributed by atoms with Crippen molar-refractivity contribution in [3.8, 4) is 33.4 Å². The molecule has 0 bridgehead atoms. The third kappa shape index (κ3) is 2.86. The summed E-state index contributed by atoms with van der Waals surface area (Å²) in [4.78, 5) is 12.1. The lowest BCUT2D eigenvalue weighted by Gasteiger charge is -2.37. The smallest absolute Gasteiger partial charge is 0.150 e. The molecule has 0 aromatic heterocycles. The van der Waals surface area contributed by atoms with E-state index in [4.69, 9.17) is 0 Å². The zero-order chi connectivity index (χ0) is 28.7. The Morgan fingerprint density at radius 2 is 0.854 bits per heavy atom. The summed E-state index contributed by atoms with van der Waals surface area (Å²) in [5, 5.41) is 0. The summed E-state index contributed by atoms with van der Waals surface area (Å²) in [6.07, 6.45) is 7.37. The normalized spacial score (nSPS) is 17.3. The molecule has 0 N–H and O–H groups in total. The van der Waals surface area contributed by atoms with Crippen LogP contribution in [-0.2, 0) is 16.2 Å². The first-order valence-electron chi connectivity index (χ1n) is 16.0. The minimum absolute atomic E-state index is 0.0222. The van der Waals surface area contributed by atoms with Gasteiger partial charge < -0.3 is 0 Å². The molecular formula is C40H42O. The van der Waals surface area contributed by atoms with Gasteiger partial charge in [0.25, 0.3) is 0 Å². The molecule has 4 aromatic rings. The van der Waals surface area contributed by atoms with Crippen molar-refractivity contribution in [3.63, 3.8) is 0 Å². The molecule has 1 heteroatoms. The number of carbonyl (C=O) groups excluding carboxylic acids is 1. The summed E-state index contributed by atoms with van der Waals surface area (Å²) in [7, 11) is 0. The number of benzene rings is 4. The molecular weight excluding hydrogens is 496 g/mol. The van der Waals surface area contributed by atoms with Gasteiger partial charge in [0, 0.05) is 21.8 Å². The number of rotatable bonds is 7. The standard InChI is InChI=1S/C40H42O/c1-7-38(8-2)30-20-16-14-18-27(30)33-35(38)32-26-17-13-15-19-29(26)39(9-3,10-4)36(32)34-28-22-21-25(24-41)23-31(28)40(11-5,12-6)37(33)34/h13-24H,7-12H2,1-6H3. The largest absolute Gasteiger partial charge is 0.298 e. The molecule has 3 aliphatic rings.